The van der Waals surface area contributed by atoms with Crippen LogP contribution in [0.4, 0.5) is 5.69 Å². The lowest BCUT2D eigenvalue weighted by atomic mass is 10.2. The minimum atomic E-state index is -2.20. The summed E-state index contributed by atoms with van der Waals surface area (Å²) < 4.78 is 10.9. The van der Waals surface area contributed by atoms with E-state index in [1.54, 1.807) is 12.1 Å². The molecule has 1 rings (SSSR count). The Balaban J connectivity index is 2.72. The van der Waals surface area contributed by atoms with E-state index in [0.29, 0.717) is 5.75 Å². The third-order valence-electron chi connectivity index (χ3n) is 4.08. The van der Waals surface area contributed by atoms with Crippen LogP contribution in [0, 0.1) is 0 Å². The zero-order chi connectivity index (χ0) is 18.5. The van der Waals surface area contributed by atoms with Gasteiger partial charge in [-0.2, -0.15) is 0 Å². The molecule has 0 amide bonds. The number of hydrogen-bond acceptors (Lipinski definition) is 5. The van der Waals surface area contributed by atoms with Crippen LogP contribution in [0.5, 0.6) is 5.75 Å². The predicted molar refractivity (Wildman–Crippen MR) is 98.8 cm³/mol. The lowest BCUT2D eigenvalue weighted by Gasteiger charge is -2.34. The lowest BCUT2D eigenvalue weighted by molar-refractivity contribution is -0.132. The summed E-state index contributed by atoms with van der Waals surface area (Å²) in [7, 11) is 1.52. The maximum atomic E-state index is 11.9. The van der Waals surface area contributed by atoms with Crippen LogP contribution in [0.2, 0.25) is 18.1 Å². The number of carbonyl (C=O) groups is 2. The van der Waals surface area contributed by atoms with E-state index in [4.69, 9.17) is 9.16 Å². The first-order valence-corrected chi connectivity index (χ1v) is 10.7. The molecule has 132 valence electrons. The van der Waals surface area contributed by atoms with Crippen molar-refractivity contribution >= 4 is 25.9 Å². The third-order valence-corrected chi connectivity index (χ3v) is 8.40. The topological polar surface area (TPSA) is 55.8 Å². The van der Waals surface area contributed by atoms with Crippen molar-refractivity contribution in [2.24, 2.45) is 0 Å². The molecule has 5 nitrogen and oxygen atoms in total. The number of ether oxygens (including phenoxy) is 1. The minimum Gasteiger partial charge on any atom is -0.516 e. The van der Waals surface area contributed by atoms with Gasteiger partial charge in [0.2, 0.25) is 0 Å². The van der Waals surface area contributed by atoms with Crippen molar-refractivity contribution in [3.8, 4) is 5.75 Å². The van der Waals surface area contributed by atoms with Crippen LogP contribution >= 0.6 is 0 Å². The highest BCUT2D eigenvalue weighted by Gasteiger charge is 2.39. The molecule has 0 N–H and O–H groups in total. The summed E-state index contributed by atoms with van der Waals surface area (Å²) in [6.45, 7) is 10.1. The molecule has 0 radical (unpaired) electrons. The summed E-state index contributed by atoms with van der Waals surface area (Å²) in [4.78, 5) is 25.7. The normalized spacial score (nSPS) is 12.1. The Morgan fingerprint density at radius 2 is 1.58 bits per heavy atom. The first-order valence-electron chi connectivity index (χ1n) is 7.83. The number of benzene rings is 1. The van der Waals surface area contributed by atoms with Gasteiger partial charge in [0.25, 0.3) is 8.32 Å². The van der Waals surface area contributed by atoms with Gasteiger partial charge in [0, 0.05) is 26.2 Å². The monoisotopic (exact) mass is 349 g/mol. The molecule has 0 spiro atoms. The fourth-order valence-corrected chi connectivity index (χ4v) is 2.51. The van der Waals surface area contributed by atoms with Crippen molar-refractivity contribution in [2.75, 3.05) is 19.0 Å². The Labute approximate surface area is 145 Å². The lowest BCUT2D eigenvalue weighted by Crippen LogP contribution is -2.42. The molecule has 0 bridgehead atoms. The molecule has 0 aromatic heterocycles. The number of rotatable bonds is 5. The third kappa shape index (κ3) is 5.52. The van der Waals surface area contributed by atoms with Crippen LogP contribution in [0.3, 0.4) is 0 Å². The van der Waals surface area contributed by atoms with Gasteiger partial charge in [-0.05, 0) is 30.3 Å². The molecule has 0 atom stereocenters. The summed E-state index contributed by atoms with van der Waals surface area (Å²) in [5.41, 5.74) is 0.781. The van der Waals surface area contributed by atoms with Gasteiger partial charge in [-0.3, -0.25) is 0 Å². The molecular weight excluding hydrogens is 322 g/mol. The second-order valence-electron chi connectivity index (χ2n) is 7.30. The van der Waals surface area contributed by atoms with Crippen LogP contribution in [0.15, 0.2) is 36.4 Å². The smallest absolute Gasteiger partial charge is 0.336 e. The molecule has 0 unspecified atom stereocenters. The van der Waals surface area contributed by atoms with Gasteiger partial charge < -0.3 is 14.1 Å². The molecule has 0 heterocycles. The first-order chi connectivity index (χ1) is 10.9. The Morgan fingerprint density at radius 3 is 2.12 bits per heavy atom. The number of esters is 1. The summed E-state index contributed by atoms with van der Waals surface area (Å²) in [5.74, 6) is -0.689. The standard InChI is InChI=1S/C18H27NO4Si/c1-18(2,3)24(6,7)23-17(21)13-12-16(20)22-15-11-9-8-10-14(15)19(4)5/h8-13H,1-7H3/b13-12-. The van der Waals surface area contributed by atoms with Gasteiger partial charge in [0.1, 0.15) is 0 Å². The van der Waals surface area contributed by atoms with Crippen molar-refractivity contribution in [1.82, 2.24) is 0 Å². The van der Waals surface area contributed by atoms with E-state index >= 15 is 0 Å². The van der Waals surface area contributed by atoms with Crippen LogP contribution in [-0.4, -0.2) is 34.4 Å². The SMILES string of the molecule is CN(C)c1ccccc1OC(=O)/C=C\C(=O)O[Si](C)(C)C(C)(C)C. The predicted octanol–water partition coefficient (Wildman–Crippen LogP) is 3.76. The first kappa shape index (κ1) is 20.0. The van der Waals surface area contributed by atoms with Crippen molar-refractivity contribution in [1.29, 1.82) is 0 Å². The van der Waals surface area contributed by atoms with E-state index in [-0.39, 0.29) is 5.04 Å². The summed E-state index contributed by atoms with van der Waals surface area (Å²) in [5, 5.41) is -0.0817. The maximum Gasteiger partial charge on any atom is 0.336 e. The molecule has 0 aliphatic heterocycles. The highest BCUT2D eigenvalue weighted by atomic mass is 28.4. The molecule has 0 fully saturated rings. The molecular formula is C18H27NO4Si. The van der Waals surface area contributed by atoms with Crippen LogP contribution in [-0.2, 0) is 14.0 Å². The van der Waals surface area contributed by atoms with Gasteiger partial charge in [-0.15, -0.1) is 0 Å². The second-order valence-corrected chi connectivity index (χ2v) is 12.0. The van der Waals surface area contributed by atoms with Crippen molar-refractivity contribution in [2.45, 2.75) is 38.9 Å². The zero-order valence-corrected chi connectivity index (χ0v) is 16.5. The van der Waals surface area contributed by atoms with Gasteiger partial charge >= 0.3 is 11.9 Å². The number of carbonyl (C=O) groups excluding carboxylic acids is 2. The van der Waals surface area contributed by atoms with Crippen molar-refractivity contribution in [3.63, 3.8) is 0 Å². The summed E-state index contributed by atoms with van der Waals surface area (Å²) >= 11 is 0. The Morgan fingerprint density at radius 1 is 1.04 bits per heavy atom. The molecule has 0 aliphatic rings. The Kier molecular flexibility index (Phi) is 6.37. The molecule has 0 aliphatic carbocycles. The minimum absolute atomic E-state index is 0.0817. The number of anilines is 1. The quantitative estimate of drug-likeness (QED) is 0.351. The maximum absolute atomic E-state index is 11.9. The average Bonchev–Trinajstić information content (AvgIpc) is 2.44. The van der Waals surface area contributed by atoms with E-state index in [0.717, 1.165) is 17.8 Å². The Bertz CT molecular complexity index is 630. The van der Waals surface area contributed by atoms with Gasteiger partial charge in [0.15, 0.2) is 5.75 Å². The second kappa shape index (κ2) is 7.66. The molecule has 0 saturated heterocycles. The molecule has 1 aromatic rings. The summed E-state index contributed by atoms with van der Waals surface area (Å²) in [6.07, 6.45) is 2.23. The fourth-order valence-electron chi connectivity index (χ4n) is 1.63. The Hall–Kier alpha value is -2.08. The number of para-hydroxylation sites is 2. The van der Waals surface area contributed by atoms with Gasteiger partial charge in [-0.1, -0.05) is 32.9 Å². The van der Waals surface area contributed by atoms with Crippen LogP contribution in [0.25, 0.3) is 0 Å². The van der Waals surface area contributed by atoms with Gasteiger partial charge in [-0.25, -0.2) is 9.59 Å². The largest absolute Gasteiger partial charge is 0.516 e. The van der Waals surface area contributed by atoms with E-state index < -0.39 is 20.3 Å². The van der Waals surface area contributed by atoms with E-state index in [1.807, 2.05) is 65.0 Å². The fraction of sp³-hybridized carbons (Fsp3) is 0.444. The highest BCUT2D eigenvalue weighted by Crippen LogP contribution is 2.36. The highest BCUT2D eigenvalue weighted by molar-refractivity contribution is 6.75. The van der Waals surface area contributed by atoms with E-state index in [1.165, 1.54) is 0 Å². The average molecular weight is 350 g/mol. The van der Waals surface area contributed by atoms with Crippen LogP contribution in [0.1, 0.15) is 20.8 Å². The number of nitrogens with zero attached hydrogens (tertiary/aromatic N) is 1. The molecule has 1 aromatic carbocycles. The van der Waals surface area contributed by atoms with Crippen molar-refractivity contribution < 1.29 is 18.8 Å². The zero-order valence-electron chi connectivity index (χ0n) is 15.5. The molecule has 24 heavy (non-hydrogen) atoms. The van der Waals surface area contributed by atoms with Crippen LogP contribution < -0.4 is 9.64 Å². The van der Waals surface area contributed by atoms with E-state index in [2.05, 4.69) is 0 Å². The number of hydrogen-bond donors (Lipinski definition) is 0. The van der Waals surface area contributed by atoms with Gasteiger partial charge in [0.05, 0.1) is 5.69 Å². The van der Waals surface area contributed by atoms with Crippen molar-refractivity contribution in [3.05, 3.63) is 36.4 Å². The molecule has 6 heteroatoms. The molecule has 0 saturated carbocycles. The summed E-state index contributed by atoms with van der Waals surface area (Å²) in [6, 6.07) is 7.19. The van der Waals surface area contributed by atoms with E-state index in [9.17, 15) is 9.59 Å².